The second-order valence-electron chi connectivity index (χ2n) is 4.47. The molecule has 108 valence electrons. The zero-order valence-electron chi connectivity index (χ0n) is 11.0. The van der Waals surface area contributed by atoms with Crippen LogP contribution in [-0.4, -0.2) is 31.6 Å². The van der Waals surface area contributed by atoms with Gasteiger partial charge in [0, 0.05) is 17.6 Å². The number of nitrogens with zero attached hydrogens (tertiary/aromatic N) is 1. The highest BCUT2D eigenvalue weighted by Crippen LogP contribution is 2.33. The van der Waals surface area contributed by atoms with Crippen molar-refractivity contribution in [2.75, 3.05) is 24.5 Å². The summed E-state index contributed by atoms with van der Waals surface area (Å²) >= 11 is 3.25. The van der Waals surface area contributed by atoms with Crippen LogP contribution in [0, 0.1) is 5.82 Å². The first-order valence-electron chi connectivity index (χ1n) is 6.31. The largest absolute Gasteiger partial charge is 0.359 e. The molecule has 2 rings (SSSR count). The molecule has 0 aliphatic carbocycles. The number of amides is 3. The van der Waals surface area contributed by atoms with Crippen LogP contribution in [0.25, 0.3) is 0 Å². The number of halogens is 2. The van der Waals surface area contributed by atoms with E-state index in [9.17, 15) is 14.0 Å². The predicted molar refractivity (Wildman–Crippen MR) is 77.2 cm³/mol. The first kappa shape index (κ1) is 14.8. The van der Waals surface area contributed by atoms with Gasteiger partial charge in [0.25, 0.3) is 0 Å². The van der Waals surface area contributed by atoms with Crippen LogP contribution in [0.2, 0.25) is 0 Å². The fourth-order valence-corrected chi connectivity index (χ4v) is 2.71. The van der Waals surface area contributed by atoms with Crippen molar-refractivity contribution in [2.24, 2.45) is 0 Å². The summed E-state index contributed by atoms with van der Waals surface area (Å²) < 4.78 is 14.6. The van der Waals surface area contributed by atoms with Crippen molar-refractivity contribution in [3.05, 3.63) is 28.0 Å². The Bertz CT molecular complexity index is 551. The van der Waals surface area contributed by atoms with E-state index in [0.29, 0.717) is 29.7 Å². The lowest BCUT2D eigenvalue weighted by Gasteiger charge is -2.19. The van der Waals surface area contributed by atoms with Crippen molar-refractivity contribution in [1.29, 1.82) is 0 Å². The Morgan fingerprint density at radius 1 is 1.45 bits per heavy atom. The van der Waals surface area contributed by atoms with Crippen LogP contribution >= 0.6 is 15.9 Å². The standard InChI is InChI=1S/C13H15BrFN3O2/c1-2-16-13(20)17-11(19)7-18-4-3-8-5-9(14)6-10(15)12(8)18/h5-6H,2-4,7H2,1H3,(H2,16,17,19,20). The van der Waals surface area contributed by atoms with Gasteiger partial charge in [0.1, 0.15) is 5.82 Å². The van der Waals surface area contributed by atoms with E-state index < -0.39 is 11.9 Å². The molecule has 0 saturated carbocycles. The molecule has 0 saturated heterocycles. The van der Waals surface area contributed by atoms with Crippen molar-refractivity contribution in [3.63, 3.8) is 0 Å². The van der Waals surface area contributed by atoms with E-state index in [1.54, 1.807) is 11.8 Å². The molecule has 1 aromatic rings. The summed E-state index contributed by atoms with van der Waals surface area (Å²) in [7, 11) is 0. The average molecular weight is 344 g/mol. The molecule has 0 aromatic heterocycles. The molecule has 1 aromatic carbocycles. The third kappa shape index (κ3) is 3.27. The highest BCUT2D eigenvalue weighted by molar-refractivity contribution is 9.10. The lowest BCUT2D eigenvalue weighted by atomic mass is 10.1. The number of fused-ring (bicyclic) bond motifs is 1. The average Bonchev–Trinajstić information content (AvgIpc) is 2.72. The minimum atomic E-state index is -0.534. The summed E-state index contributed by atoms with van der Waals surface area (Å²) in [5, 5.41) is 4.68. The Labute approximate surface area is 124 Å². The summed E-state index contributed by atoms with van der Waals surface area (Å²) in [6, 6.07) is 2.69. The van der Waals surface area contributed by atoms with Crippen LogP contribution in [0.4, 0.5) is 14.9 Å². The minimum Gasteiger partial charge on any atom is -0.359 e. The van der Waals surface area contributed by atoms with Crippen molar-refractivity contribution >= 4 is 33.6 Å². The molecule has 0 atom stereocenters. The van der Waals surface area contributed by atoms with E-state index in [1.807, 2.05) is 6.07 Å². The van der Waals surface area contributed by atoms with Gasteiger partial charge in [0.2, 0.25) is 5.91 Å². The molecule has 0 fully saturated rings. The van der Waals surface area contributed by atoms with E-state index in [0.717, 1.165) is 5.56 Å². The summed E-state index contributed by atoms with van der Waals surface area (Å²) in [6.07, 6.45) is 0.681. The SMILES string of the molecule is CCNC(=O)NC(=O)CN1CCc2cc(Br)cc(F)c21. The first-order valence-corrected chi connectivity index (χ1v) is 7.11. The van der Waals surface area contributed by atoms with E-state index >= 15 is 0 Å². The van der Waals surface area contributed by atoms with Crippen molar-refractivity contribution in [2.45, 2.75) is 13.3 Å². The van der Waals surface area contributed by atoms with Gasteiger partial charge in [-0.15, -0.1) is 0 Å². The lowest BCUT2D eigenvalue weighted by molar-refractivity contribution is -0.118. The molecular formula is C13H15BrFN3O2. The molecule has 1 heterocycles. The van der Waals surface area contributed by atoms with Gasteiger partial charge in [-0.1, -0.05) is 15.9 Å². The Morgan fingerprint density at radius 2 is 2.20 bits per heavy atom. The number of nitrogens with one attached hydrogen (secondary N) is 2. The molecule has 0 bridgehead atoms. The monoisotopic (exact) mass is 343 g/mol. The molecular weight excluding hydrogens is 329 g/mol. The van der Waals surface area contributed by atoms with Crippen LogP contribution in [0.15, 0.2) is 16.6 Å². The third-order valence-electron chi connectivity index (χ3n) is 3.00. The maximum Gasteiger partial charge on any atom is 0.321 e. The van der Waals surface area contributed by atoms with E-state index in [1.165, 1.54) is 6.07 Å². The Hall–Kier alpha value is -1.63. The maximum absolute atomic E-state index is 14.0. The number of carbonyl (C=O) groups excluding carboxylic acids is 2. The van der Waals surface area contributed by atoms with Gasteiger partial charge < -0.3 is 10.2 Å². The first-order chi connectivity index (χ1) is 9.51. The third-order valence-corrected chi connectivity index (χ3v) is 3.46. The lowest BCUT2D eigenvalue weighted by Crippen LogP contribution is -2.44. The number of urea groups is 1. The predicted octanol–water partition coefficient (Wildman–Crippen LogP) is 1.80. The van der Waals surface area contributed by atoms with Gasteiger partial charge in [0.05, 0.1) is 12.2 Å². The van der Waals surface area contributed by atoms with Crippen molar-refractivity contribution in [3.8, 4) is 0 Å². The molecule has 20 heavy (non-hydrogen) atoms. The quantitative estimate of drug-likeness (QED) is 0.879. The van der Waals surface area contributed by atoms with Gasteiger partial charge >= 0.3 is 6.03 Å². The van der Waals surface area contributed by atoms with Crippen LogP contribution in [0.3, 0.4) is 0 Å². The zero-order chi connectivity index (χ0) is 14.7. The fraction of sp³-hybridized carbons (Fsp3) is 0.385. The van der Waals surface area contributed by atoms with Crippen LogP contribution in [-0.2, 0) is 11.2 Å². The van der Waals surface area contributed by atoms with E-state index in [2.05, 4.69) is 26.6 Å². The van der Waals surface area contributed by atoms with Gasteiger partial charge in [-0.25, -0.2) is 9.18 Å². The highest BCUT2D eigenvalue weighted by Gasteiger charge is 2.25. The molecule has 2 N–H and O–H groups in total. The number of rotatable bonds is 3. The Balaban J connectivity index is 2.04. The van der Waals surface area contributed by atoms with Gasteiger partial charge in [-0.3, -0.25) is 10.1 Å². The summed E-state index contributed by atoms with van der Waals surface area (Å²) in [6.45, 7) is 2.72. The maximum atomic E-state index is 14.0. The van der Waals surface area contributed by atoms with Gasteiger partial charge in [-0.2, -0.15) is 0 Å². The number of imide groups is 1. The highest BCUT2D eigenvalue weighted by atomic mass is 79.9. The van der Waals surface area contributed by atoms with Crippen molar-refractivity contribution in [1.82, 2.24) is 10.6 Å². The summed E-state index contributed by atoms with van der Waals surface area (Å²) in [4.78, 5) is 24.6. The second kappa shape index (κ2) is 6.21. The number of benzene rings is 1. The number of hydrogen-bond donors (Lipinski definition) is 2. The minimum absolute atomic E-state index is 0.0390. The smallest absolute Gasteiger partial charge is 0.321 e. The number of hydrogen-bond acceptors (Lipinski definition) is 3. The van der Waals surface area contributed by atoms with Crippen LogP contribution < -0.4 is 15.5 Å². The van der Waals surface area contributed by atoms with Crippen LogP contribution in [0.1, 0.15) is 12.5 Å². The summed E-state index contributed by atoms with van der Waals surface area (Å²) in [5.41, 5.74) is 1.31. The summed E-state index contributed by atoms with van der Waals surface area (Å²) in [5.74, 6) is -0.816. The molecule has 7 heteroatoms. The molecule has 5 nitrogen and oxygen atoms in total. The topological polar surface area (TPSA) is 61.4 Å². The molecule has 1 aliphatic heterocycles. The zero-order valence-corrected chi connectivity index (χ0v) is 12.6. The number of anilines is 1. The van der Waals surface area contributed by atoms with Gasteiger partial charge in [-0.05, 0) is 31.0 Å². The second-order valence-corrected chi connectivity index (χ2v) is 5.39. The fourth-order valence-electron chi connectivity index (χ4n) is 2.23. The Morgan fingerprint density at radius 3 is 2.90 bits per heavy atom. The van der Waals surface area contributed by atoms with E-state index in [-0.39, 0.29) is 12.4 Å². The van der Waals surface area contributed by atoms with Crippen LogP contribution in [0.5, 0.6) is 0 Å². The Kier molecular flexibility index (Phi) is 4.59. The van der Waals surface area contributed by atoms with Crippen molar-refractivity contribution < 1.29 is 14.0 Å². The molecule has 0 unspecified atom stereocenters. The van der Waals surface area contributed by atoms with Gasteiger partial charge in [0.15, 0.2) is 0 Å². The number of carbonyl (C=O) groups is 2. The molecule has 1 aliphatic rings. The van der Waals surface area contributed by atoms with E-state index in [4.69, 9.17) is 0 Å². The molecule has 3 amide bonds. The normalized spacial score (nSPS) is 13.1. The molecule has 0 radical (unpaired) electrons. The molecule has 0 spiro atoms.